The number of nitrogens with zero attached hydrogens (tertiary/aromatic N) is 2. The zero-order valence-corrected chi connectivity index (χ0v) is 12.9. The number of oxazole rings is 1. The first-order valence-corrected chi connectivity index (χ1v) is 7.22. The van der Waals surface area contributed by atoms with Crippen molar-refractivity contribution in [2.24, 2.45) is 0 Å². The molecule has 3 aromatic rings. The third kappa shape index (κ3) is 3.06. The van der Waals surface area contributed by atoms with Gasteiger partial charge in [-0.15, -0.1) is 0 Å². The van der Waals surface area contributed by atoms with E-state index in [0.717, 1.165) is 27.8 Å². The quantitative estimate of drug-likeness (QED) is 0.794. The number of aryl methyl sites for hydroxylation is 2. The van der Waals surface area contributed by atoms with E-state index in [4.69, 9.17) is 9.68 Å². The van der Waals surface area contributed by atoms with E-state index in [1.54, 1.807) is 0 Å². The van der Waals surface area contributed by atoms with Crippen molar-refractivity contribution < 1.29 is 9.21 Å². The molecule has 1 heterocycles. The first kappa shape index (κ1) is 14.8. The number of carbonyl (C=O) groups is 1. The lowest BCUT2D eigenvalue weighted by Gasteiger charge is -2.08. The van der Waals surface area contributed by atoms with E-state index in [-0.39, 0.29) is 12.3 Å². The highest BCUT2D eigenvalue weighted by Gasteiger charge is 2.11. The van der Waals surface area contributed by atoms with Crippen LogP contribution in [-0.4, -0.2) is 10.9 Å². The lowest BCUT2D eigenvalue weighted by molar-refractivity contribution is -0.115. The molecule has 0 saturated carbocycles. The summed E-state index contributed by atoms with van der Waals surface area (Å²) >= 11 is 0. The summed E-state index contributed by atoms with van der Waals surface area (Å²) in [5, 5.41) is 11.3. The number of hydrogen-bond donors (Lipinski definition) is 1. The molecule has 0 fully saturated rings. The standard InChI is InChI=1S/C18H15N3O2/c1-11-3-6-16-15(9-11)21-18(23-16)13-5-4-12(2)14(10-13)20-17(22)7-8-19/h3-6,9-10H,7H2,1-2H3,(H,20,22). The number of anilines is 1. The van der Waals surface area contributed by atoms with Crippen LogP contribution in [0, 0.1) is 25.2 Å². The van der Waals surface area contributed by atoms with Gasteiger partial charge in [0.2, 0.25) is 11.8 Å². The fourth-order valence-electron chi connectivity index (χ4n) is 2.32. The summed E-state index contributed by atoms with van der Waals surface area (Å²) in [7, 11) is 0. The van der Waals surface area contributed by atoms with Crippen LogP contribution < -0.4 is 5.32 Å². The van der Waals surface area contributed by atoms with Gasteiger partial charge in [0, 0.05) is 11.3 Å². The van der Waals surface area contributed by atoms with Crippen LogP contribution in [0.5, 0.6) is 0 Å². The Labute approximate surface area is 133 Å². The number of aromatic nitrogens is 1. The van der Waals surface area contributed by atoms with Gasteiger partial charge in [-0.1, -0.05) is 12.1 Å². The van der Waals surface area contributed by atoms with Crippen molar-refractivity contribution in [3.05, 3.63) is 47.5 Å². The number of nitrogens with one attached hydrogen (secondary N) is 1. The first-order chi connectivity index (χ1) is 11.1. The minimum Gasteiger partial charge on any atom is -0.436 e. The van der Waals surface area contributed by atoms with Crippen LogP contribution in [0.2, 0.25) is 0 Å². The molecule has 2 aromatic carbocycles. The number of nitriles is 1. The molecule has 5 nitrogen and oxygen atoms in total. The Morgan fingerprint density at radius 2 is 2.09 bits per heavy atom. The molecule has 0 atom stereocenters. The lowest BCUT2D eigenvalue weighted by atomic mass is 10.1. The number of amides is 1. The van der Waals surface area contributed by atoms with Gasteiger partial charge < -0.3 is 9.73 Å². The molecule has 114 valence electrons. The summed E-state index contributed by atoms with van der Waals surface area (Å²) in [6.45, 7) is 3.89. The topological polar surface area (TPSA) is 78.9 Å². The van der Waals surface area contributed by atoms with Crippen molar-refractivity contribution in [3.8, 4) is 17.5 Å². The van der Waals surface area contributed by atoms with Gasteiger partial charge in [-0.05, 0) is 49.2 Å². The molecule has 23 heavy (non-hydrogen) atoms. The van der Waals surface area contributed by atoms with Crippen LogP contribution in [0.15, 0.2) is 40.8 Å². The van der Waals surface area contributed by atoms with Crippen LogP contribution in [0.3, 0.4) is 0 Å². The maximum atomic E-state index is 11.6. The molecule has 0 aliphatic rings. The number of benzene rings is 2. The van der Waals surface area contributed by atoms with Crippen molar-refractivity contribution in [1.29, 1.82) is 5.26 Å². The van der Waals surface area contributed by atoms with Crippen molar-refractivity contribution in [1.82, 2.24) is 4.98 Å². The Bertz CT molecular complexity index is 935. The summed E-state index contributed by atoms with van der Waals surface area (Å²) in [6, 6.07) is 13.3. The van der Waals surface area contributed by atoms with Crippen molar-refractivity contribution >= 4 is 22.7 Å². The molecule has 0 aliphatic carbocycles. The molecule has 1 aromatic heterocycles. The maximum Gasteiger partial charge on any atom is 0.238 e. The zero-order valence-electron chi connectivity index (χ0n) is 12.9. The van der Waals surface area contributed by atoms with Gasteiger partial charge in [0.15, 0.2) is 5.58 Å². The maximum absolute atomic E-state index is 11.6. The molecular weight excluding hydrogens is 290 g/mol. The molecule has 5 heteroatoms. The summed E-state index contributed by atoms with van der Waals surface area (Å²) in [5.41, 5.74) is 4.98. The lowest BCUT2D eigenvalue weighted by Crippen LogP contribution is -2.11. The number of rotatable bonds is 3. The molecule has 0 radical (unpaired) electrons. The van der Waals surface area contributed by atoms with Gasteiger partial charge >= 0.3 is 0 Å². The highest BCUT2D eigenvalue weighted by atomic mass is 16.3. The van der Waals surface area contributed by atoms with E-state index in [9.17, 15) is 4.79 Å². The van der Waals surface area contributed by atoms with E-state index >= 15 is 0 Å². The van der Waals surface area contributed by atoms with Gasteiger partial charge in [-0.2, -0.15) is 5.26 Å². The Hall–Kier alpha value is -3.13. The average Bonchev–Trinajstić information content (AvgIpc) is 2.92. The zero-order chi connectivity index (χ0) is 16.4. The first-order valence-electron chi connectivity index (χ1n) is 7.22. The minimum atomic E-state index is -0.332. The largest absolute Gasteiger partial charge is 0.436 e. The van der Waals surface area contributed by atoms with E-state index in [0.29, 0.717) is 11.6 Å². The van der Waals surface area contributed by atoms with Crippen LogP contribution in [0.4, 0.5) is 5.69 Å². The SMILES string of the molecule is Cc1ccc2oc(-c3ccc(C)c(NC(=O)CC#N)c3)nc2c1. The highest BCUT2D eigenvalue weighted by Crippen LogP contribution is 2.28. The van der Waals surface area contributed by atoms with E-state index in [2.05, 4.69) is 10.3 Å². The second-order valence-electron chi connectivity index (χ2n) is 5.40. The van der Waals surface area contributed by atoms with Gasteiger partial charge in [-0.3, -0.25) is 4.79 Å². The Kier molecular flexibility index (Phi) is 3.82. The van der Waals surface area contributed by atoms with Gasteiger partial charge in [0.05, 0.1) is 6.07 Å². The third-order valence-electron chi connectivity index (χ3n) is 3.54. The van der Waals surface area contributed by atoms with E-state index in [1.807, 2.05) is 56.3 Å². The fraction of sp³-hybridized carbons (Fsp3) is 0.167. The monoisotopic (exact) mass is 305 g/mol. The predicted octanol–water partition coefficient (Wildman–Crippen LogP) is 3.96. The Morgan fingerprint density at radius 1 is 1.26 bits per heavy atom. The van der Waals surface area contributed by atoms with E-state index < -0.39 is 0 Å². The second kappa shape index (κ2) is 5.93. The summed E-state index contributed by atoms with van der Waals surface area (Å²) in [5.74, 6) is 0.169. The van der Waals surface area contributed by atoms with Gasteiger partial charge in [-0.25, -0.2) is 4.98 Å². The Morgan fingerprint density at radius 3 is 2.87 bits per heavy atom. The third-order valence-corrected chi connectivity index (χ3v) is 3.54. The van der Waals surface area contributed by atoms with Crippen molar-refractivity contribution in [2.75, 3.05) is 5.32 Å². The second-order valence-corrected chi connectivity index (χ2v) is 5.40. The summed E-state index contributed by atoms with van der Waals surface area (Å²) in [6.07, 6.45) is -0.175. The predicted molar refractivity (Wildman–Crippen MR) is 87.8 cm³/mol. The smallest absolute Gasteiger partial charge is 0.238 e. The molecule has 0 unspecified atom stereocenters. The normalized spacial score (nSPS) is 10.5. The molecular formula is C18H15N3O2. The van der Waals surface area contributed by atoms with Crippen LogP contribution >= 0.6 is 0 Å². The average molecular weight is 305 g/mol. The van der Waals surface area contributed by atoms with Crippen LogP contribution in [0.1, 0.15) is 17.5 Å². The molecule has 0 aliphatic heterocycles. The molecule has 1 amide bonds. The van der Waals surface area contributed by atoms with Crippen molar-refractivity contribution in [3.63, 3.8) is 0 Å². The minimum absolute atomic E-state index is 0.175. The molecule has 0 saturated heterocycles. The molecule has 1 N–H and O–H groups in total. The van der Waals surface area contributed by atoms with Crippen LogP contribution in [0.25, 0.3) is 22.6 Å². The molecule has 3 rings (SSSR count). The summed E-state index contributed by atoms with van der Waals surface area (Å²) in [4.78, 5) is 16.1. The van der Waals surface area contributed by atoms with Gasteiger partial charge in [0.1, 0.15) is 11.9 Å². The summed E-state index contributed by atoms with van der Waals surface area (Å²) < 4.78 is 5.78. The number of hydrogen-bond acceptors (Lipinski definition) is 4. The number of carbonyl (C=O) groups excluding carboxylic acids is 1. The molecule has 0 bridgehead atoms. The highest BCUT2D eigenvalue weighted by molar-refractivity contribution is 5.93. The van der Waals surface area contributed by atoms with E-state index in [1.165, 1.54) is 0 Å². The molecule has 0 spiro atoms. The van der Waals surface area contributed by atoms with Gasteiger partial charge in [0.25, 0.3) is 0 Å². The van der Waals surface area contributed by atoms with Crippen LogP contribution in [-0.2, 0) is 4.79 Å². The Balaban J connectivity index is 1.98. The van der Waals surface area contributed by atoms with Crippen molar-refractivity contribution in [2.45, 2.75) is 20.3 Å². The fourth-order valence-corrected chi connectivity index (χ4v) is 2.32. The number of fused-ring (bicyclic) bond motifs is 1.